The smallest absolute Gasteiger partial charge is 0.244 e. The topological polar surface area (TPSA) is 66.8 Å². The van der Waals surface area contributed by atoms with Gasteiger partial charge in [0, 0.05) is 50.1 Å². The molecule has 1 aromatic carbocycles. The first-order valence-electron chi connectivity index (χ1n) is 9.17. The van der Waals surface area contributed by atoms with Crippen LogP contribution in [0.1, 0.15) is 12.5 Å². The van der Waals surface area contributed by atoms with Crippen molar-refractivity contribution in [3.05, 3.63) is 66.5 Å². The number of hydrogen-bond donors (Lipinski definition) is 1. The van der Waals surface area contributed by atoms with Gasteiger partial charge in [0.1, 0.15) is 6.04 Å². The zero-order valence-corrected chi connectivity index (χ0v) is 15.5. The highest BCUT2D eigenvalue weighted by atomic mass is 16.2. The monoisotopic (exact) mass is 365 g/mol. The minimum atomic E-state index is -0.546. The molecule has 0 saturated carbocycles. The Bertz CT molecular complexity index is 784. The van der Waals surface area contributed by atoms with Crippen LogP contribution in [0.5, 0.6) is 0 Å². The van der Waals surface area contributed by atoms with Crippen molar-refractivity contribution in [2.75, 3.05) is 31.1 Å². The lowest BCUT2D eigenvalue weighted by atomic mass is 10.2. The zero-order chi connectivity index (χ0) is 19.1. The van der Waals surface area contributed by atoms with Crippen molar-refractivity contribution in [3.63, 3.8) is 0 Å². The average molecular weight is 365 g/mol. The van der Waals surface area contributed by atoms with Crippen LogP contribution in [-0.4, -0.2) is 48.9 Å². The number of H-pyrrole nitrogens is 1. The first-order valence-corrected chi connectivity index (χ1v) is 9.17. The number of carbonyl (C=O) groups excluding carboxylic acids is 2. The van der Waals surface area contributed by atoms with E-state index in [-0.39, 0.29) is 11.8 Å². The molecule has 0 radical (unpaired) electrons. The van der Waals surface area contributed by atoms with Crippen molar-refractivity contribution in [1.29, 1.82) is 0 Å². The Morgan fingerprint density at radius 1 is 1.04 bits per heavy atom. The summed E-state index contributed by atoms with van der Waals surface area (Å²) in [4.78, 5) is 31.8. The molecule has 0 unspecified atom stereocenters. The predicted octanol–water partition coefficient (Wildman–Crippen LogP) is 1.37. The Morgan fingerprint density at radius 3 is 2.37 bits per heavy atom. The van der Waals surface area contributed by atoms with Crippen LogP contribution in [0.2, 0.25) is 0 Å². The van der Waals surface area contributed by atoms with Gasteiger partial charge < -0.3 is 15.1 Å². The lowest BCUT2D eigenvalue weighted by Crippen LogP contribution is -2.54. The SMILES string of the molecule is C[C@H](NC(=O)/C=C/c1ccccc1)C(=O)N1CCN(c2cc[nH+]cc2)CC1. The van der Waals surface area contributed by atoms with Crippen molar-refractivity contribution in [2.45, 2.75) is 13.0 Å². The van der Waals surface area contributed by atoms with Gasteiger partial charge in [-0.05, 0) is 18.6 Å². The Labute approximate surface area is 159 Å². The quantitative estimate of drug-likeness (QED) is 0.814. The number of carbonyl (C=O) groups is 2. The van der Waals surface area contributed by atoms with Gasteiger partial charge in [0.15, 0.2) is 12.4 Å². The second kappa shape index (κ2) is 8.98. The Kier molecular flexibility index (Phi) is 6.20. The number of aromatic nitrogens is 1. The standard InChI is InChI=1S/C21H24N4O2/c1-17(23-20(26)8-7-18-5-3-2-4-6-18)21(27)25-15-13-24(14-16-25)19-9-11-22-12-10-19/h2-12,17H,13-16H2,1H3,(H,23,26)/p+1/b8-7+/t17-/m0/s1. The third-order valence-corrected chi connectivity index (χ3v) is 4.61. The summed E-state index contributed by atoms with van der Waals surface area (Å²) in [6.45, 7) is 4.60. The number of amides is 2. The maximum atomic E-state index is 12.6. The highest BCUT2D eigenvalue weighted by Crippen LogP contribution is 2.14. The summed E-state index contributed by atoms with van der Waals surface area (Å²) in [5.74, 6) is -0.309. The molecule has 0 bridgehead atoms. The van der Waals surface area contributed by atoms with Crippen LogP contribution >= 0.6 is 0 Å². The fourth-order valence-electron chi connectivity index (χ4n) is 3.11. The van der Waals surface area contributed by atoms with Gasteiger partial charge in [-0.15, -0.1) is 0 Å². The molecule has 2 heterocycles. The van der Waals surface area contributed by atoms with Crippen LogP contribution in [0.3, 0.4) is 0 Å². The summed E-state index contributed by atoms with van der Waals surface area (Å²) in [6, 6.07) is 13.1. The van der Waals surface area contributed by atoms with Crippen LogP contribution in [-0.2, 0) is 9.59 Å². The van der Waals surface area contributed by atoms with Gasteiger partial charge in [-0.3, -0.25) is 9.59 Å². The zero-order valence-electron chi connectivity index (χ0n) is 15.5. The van der Waals surface area contributed by atoms with Crippen LogP contribution in [0.4, 0.5) is 5.69 Å². The van der Waals surface area contributed by atoms with Gasteiger partial charge in [0.2, 0.25) is 11.8 Å². The van der Waals surface area contributed by atoms with E-state index in [4.69, 9.17) is 0 Å². The second-order valence-electron chi connectivity index (χ2n) is 6.54. The van der Waals surface area contributed by atoms with E-state index < -0.39 is 6.04 Å². The van der Waals surface area contributed by atoms with E-state index in [1.165, 1.54) is 6.08 Å². The molecule has 1 atom stereocenters. The molecular weight excluding hydrogens is 340 g/mol. The molecule has 27 heavy (non-hydrogen) atoms. The summed E-state index contributed by atoms with van der Waals surface area (Å²) in [6.07, 6.45) is 6.99. The van der Waals surface area contributed by atoms with Crippen molar-refractivity contribution in [1.82, 2.24) is 10.2 Å². The summed E-state index contributed by atoms with van der Waals surface area (Å²) < 4.78 is 0. The van der Waals surface area contributed by atoms with Crippen LogP contribution < -0.4 is 15.2 Å². The van der Waals surface area contributed by atoms with Crippen molar-refractivity contribution in [3.8, 4) is 0 Å². The summed E-state index contributed by atoms with van der Waals surface area (Å²) in [7, 11) is 0. The summed E-state index contributed by atoms with van der Waals surface area (Å²) in [5, 5.41) is 2.76. The Morgan fingerprint density at radius 2 is 1.70 bits per heavy atom. The largest absolute Gasteiger partial charge is 0.368 e. The molecule has 2 amide bonds. The molecule has 0 aliphatic carbocycles. The first kappa shape index (κ1) is 18.6. The van der Waals surface area contributed by atoms with E-state index in [1.807, 2.05) is 59.8 Å². The number of nitrogens with one attached hydrogen (secondary N) is 2. The van der Waals surface area contributed by atoms with Crippen molar-refractivity contribution in [2.24, 2.45) is 0 Å². The highest BCUT2D eigenvalue weighted by Gasteiger charge is 2.25. The van der Waals surface area contributed by atoms with Gasteiger partial charge in [-0.25, -0.2) is 4.98 Å². The third-order valence-electron chi connectivity index (χ3n) is 4.61. The lowest BCUT2D eigenvalue weighted by molar-refractivity contribution is -0.377. The van der Waals surface area contributed by atoms with Crippen LogP contribution in [0.15, 0.2) is 60.9 Å². The number of piperazine rings is 1. The van der Waals surface area contributed by atoms with Gasteiger partial charge in [0.25, 0.3) is 0 Å². The minimum absolute atomic E-state index is 0.0440. The van der Waals surface area contributed by atoms with E-state index in [0.717, 1.165) is 24.3 Å². The van der Waals surface area contributed by atoms with E-state index >= 15 is 0 Å². The molecule has 1 saturated heterocycles. The molecule has 3 rings (SSSR count). The Balaban J connectivity index is 1.48. The van der Waals surface area contributed by atoms with E-state index in [1.54, 1.807) is 13.0 Å². The average Bonchev–Trinajstić information content (AvgIpc) is 2.73. The molecule has 1 fully saturated rings. The maximum Gasteiger partial charge on any atom is 0.244 e. The normalized spacial score (nSPS) is 15.6. The molecule has 2 aromatic rings. The van der Waals surface area contributed by atoms with Gasteiger partial charge >= 0.3 is 0 Å². The van der Waals surface area contributed by atoms with Crippen molar-refractivity contribution >= 4 is 23.6 Å². The molecular formula is C21H25N4O2+. The molecule has 2 N–H and O–H groups in total. The first-order chi connectivity index (χ1) is 13.1. The Hall–Kier alpha value is -3.15. The van der Waals surface area contributed by atoms with E-state index in [0.29, 0.717) is 13.1 Å². The predicted molar refractivity (Wildman–Crippen MR) is 105 cm³/mol. The molecule has 1 aromatic heterocycles. The molecule has 140 valence electrons. The number of anilines is 1. The number of rotatable bonds is 5. The van der Waals surface area contributed by atoms with E-state index in [2.05, 4.69) is 15.2 Å². The van der Waals surface area contributed by atoms with Crippen LogP contribution in [0, 0.1) is 0 Å². The molecule has 1 aliphatic rings. The number of aromatic amines is 1. The fourth-order valence-corrected chi connectivity index (χ4v) is 3.11. The number of hydrogen-bond acceptors (Lipinski definition) is 3. The molecule has 1 aliphatic heterocycles. The van der Waals surface area contributed by atoms with Gasteiger partial charge in [-0.2, -0.15) is 0 Å². The number of nitrogens with zero attached hydrogens (tertiary/aromatic N) is 2. The lowest BCUT2D eigenvalue weighted by Gasteiger charge is -2.36. The van der Waals surface area contributed by atoms with Gasteiger partial charge in [-0.1, -0.05) is 30.3 Å². The maximum absolute atomic E-state index is 12.6. The number of pyridine rings is 1. The minimum Gasteiger partial charge on any atom is -0.368 e. The fraction of sp³-hybridized carbons (Fsp3) is 0.286. The summed E-state index contributed by atoms with van der Waals surface area (Å²) >= 11 is 0. The number of benzene rings is 1. The third kappa shape index (κ3) is 5.17. The van der Waals surface area contributed by atoms with Crippen molar-refractivity contribution < 1.29 is 14.6 Å². The highest BCUT2D eigenvalue weighted by molar-refractivity contribution is 5.95. The molecule has 6 nitrogen and oxygen atoms in total. The summed E-state index contributed by atoms with van der Waals surface area (Å²) in [5.41, 5.74) is 2.09. The second-order valence-corrected chi connectivity index (χ2v) is 6.54. The van der Waals surface area contributed by atoms with Crippen LogP contribution in [0.25, 0.3) is 6.08 Å². The molecule has 6 heteroatoms. The van der Waals surface area contributed by atoms with Gasteiger partial charge in [0.05, 0.1) is 0 Å². The van der Waals surface area contributed by atoms with E-state index in [9.17, 15) is 9.59 Å². The molecule has 0 spiro atoms.